The van der Waals surface area contributed by atoms with Gasteiger partial charge in [-0.15, -0.1) is 11.8 Å². The summed E-state index contributed by atoms with van der Waals surface area (Å²) in [4.78, 5) is 11.8. The molecule has 1 saturated carbocycles. The maximum Gasteiger partial charge on any atom is 0.150 e. The van der Waals surface area contributed by atoms with Crippen molar-refractivity contribution in [3.63, 3.8) is 0 Å². The molecule has 0 amide bonds. The van der Waals surface area contributed by atoms with Crippen molar-refractivity contribution >= 4 is 27.9 Å². The Morgan fingerprint density at radius 2 is 2.11 bits per heavy atom. The zero-order valence-corrected chi connectivity index (χ0v) is 12.5. The molecule has 1 aromatic rings. The smallest absolute Gasteiger partial charge is 0.150 e. The fraction of sp³-hybridized carbons (Fsp3) is 0.500. The van der Waals surface area contributed by atoms with Crippen LogP contribution in [0.2, 0.25) is 0 Å². The molecule has 0 aromatic heterocycles. The first kappa shape index (κ1) is 14.6. The van der Waals surface area contributed by atoms with E-state index in [1.54, 1.807) is 17.8 Å². The third kappa shape index (κ3) is 4.08. The summed E-state index contributed by atoms with van der Waals surface area (Å²) >= 11 is 1.69. The molecule has 0 aliphatic heterocycles. The summed E-state index contributed by atoms with van der Waals surface area (Å²) in [6.45, 7) is 0. The van der Waals surface area contributed by atoms with E-state index < -0.39 is 9.84 Å². The van der Waals surface area contributed by atoms with Crippen molar-refractivity contribution in [2.45, 2.75) is 41.1 Å². The molecule has 0 N–H and O–H groups in total. The summed E-state index contributed by atoms with van der Waals surface area (Å²) in [5, 5.41) is 0.128. The number of thioether (sulfide) groups is 1. The zero-order valence-electron chi connectivity index (χ0n) is 10.9. The lowest BCUT2D eigenvalue weighted by Crippen LogP contribution is -2.28. The molecule has 0 radical (unpaired) electrons. The Bertz CT molecular complexity index is 552. The molecule has 5 heteroatoms. The second-order valence-electron chi connectivity index (χ2n) is 5.05. The van der Waals surface area contributed by atoms with Crippen molar-refractivity contribution < 1.29 is 13.2 Å². The van der Waals surface area contributed by atoms with Crippen LogP contribution in [0.5, 0.6) is 0 Å². The summed E-state index contributed by atoms with van der Waals surface area (Å²) in [6, 6.07) is 7.48. The Balaban J connectivity index is 2.04. The van der Waals surface area contributed by atoms with Crippen molar-refractivity contribution in [1.82, 2.24) is 0 Å². The molecule has 2 unspecified atom stereocenters. The van der Waals surface area contributed by atoms with E-state index in [1.165, 1.54) is 6.26 Å². The van der Waals surface area contributed by atoms with Gasteiger partial charge in [-0.05, 0) is 31.4 Å². The van der Waals surface area contributed by atoms with Crippen LogP contribution in [-0.4, -0.2) is 31.5 Å². The summed E-state index contributed by atoms with van der Waals surface area (Å²) in [5.74, 6) is 0. The Morgan fingerprint density at radius 1 is 1.32 bits per heavy atom. The average Bonchev–Trinajstić information content (AvgIpc) is 2.38. The maximum absolute atomic E-state index is 11.6. The van der Waals surface area contributed by atoms with Gasteiger partial charge in [0.15, 0.2) is 0 Å². The van der Waals surface area contributed by atoms with E-state index in [9.17, 15) is 13.2 Å². The molecule has 0 spiro atoms. The second kappa shape index (κ2) is 6.09. The highest BCUT2D eigenvalue weighted by molar-refractivity contribution is 8.00. The third-order valence-electron chi connectivity index (χ3n) is 3.48. The average molecular weight is 298 g/mol. The molecule has 1 aliphatic rings. The van der Waals surface area contributed by atoms with Crippen molar-refractivity contribution in [2.75, 3.05) is 6.26 Å². The monoisotopic (exact) mass is 298 g/mol. The molecule has 1 aliphatic carbocycles. The van der Waals surface area contributed by atoms with Crippen LogP contribution in [0.15, 0.2) is 29.2 Å². The van der Waals surface area contributed by atoms with Crippen LogP contribution >= 0.6 is 11.8 Å². The van der Waals surface area contributed by atoms with Crippen molar-refractivity contribution in [3.05, 3.63) is 29.8 Å². The lowest BCUT2D eigenvalue weighted by molar-refractivity contribution is 0.112. The highest BCUT2D eigenvalue weighted by Gasteiger charge is 2.29. The van der Waals surface area contributed by atoms with E-state index in [4.69, 9.17) is 0 Å². The number of carbonyl (C=O) groups excluding carboxylic acids is 1. The molecule has 19 heavy (non-hydrogen) atoms. The fourth-order valence-electron chi connectivity index (χ4n) is 2.45. The van der Waals surface area contributed by atoms with Gasteiger partial charge >= 0.3 is 0 Å². The van der Waals surface area contributed by atoms with Gasteiger partial charge in [0.1, 0.15) is 16.1 Å². The second-order valence-corrected chi connectivity index (χ2v) is 8.75. The summed E-state index contributed by atoms with van der Waals surface area (Å²) < 4.78 is 23.3. The largest absolute Gasteiger partial charge is 0.298 e. The minimum Gasteiger partial charge on any atom is -0.298 e. The Hall–Kier alpha value is -0.810. The molecule has 0 heterocycles. The Labute approximate surface area is 118 Å². The molecule has 3 nitrogen and oxygen atoms in total. The van der Waals surface area contributed by atoms with Crippen LogP contribution in [0.4, 0.5) is 0 Å². The number of aldehydes is 1. The molecule has 1 aromatic carbocycles. The van der Waals surface area contributed by atoms with E-state index in [0.717, 1.165) is 36.9 Å². The van der Waals surface area contributed by atoms with E-state index in [2.05, 4.69) is 0 Å². The van der Waals surface area contributed by atoms with Gasteiger partial charge in [-0.3, -0.25) is 4.79 Å². The molecule has 104 valence electrons. The minimum atomic E-state index is -2.93. The van der Waals surface area contributed by atoms with Crippen LogP contribution in [0, 0.1) is 0 Å². The number of benzene rings is 1. The van der Waals surface area contributed by atoms with Gasteiger partial charge < -0.3 is 0 Å². The summed E-state index contributed by atoms with van der Waals surface area (Å²) in [5.41, 5.74) is 0.667. The lowest BCUT2D eigenvalue weighted by Gasteiger charge is -2.27. The molecule has 1 fully saturated rings. The molecule has 0 saturated heterocycles. The molecule has 2 atom stereocenters. The first-order chi connectivity index (χ1) is 8.99. The van der Waals surface area contributed by atoms with Gasteiger partial charge in [0.05, 0.1) is 5.25 Å². The number of rotatable bonds is 4. The van der Waals surface area contributed by atoms with Crippen LogP contribution in [0.1, 0.15) is 36.0 Å². The van der Waals surface area contributed by atoms with E-state index in [1.807, 2.05) is 18.2 Å². The van der Waals surface area contributed by atoms with Gasteiger partial charge in [-0.1, -0.05) is 18.6 Å². The van der Waals surface area contributed by atoms with Gasteiger partial charge in [0.25, 0.3) is 0 Å². The summed E-state index contributed by atoms with van der Waals surface area (Å²) in [6.07, 6.45) is 5.67. The quantitative estimate of drug-likeness (QED) is 0.802. The molecular weight excluding hydrogens is 280 g/mol. The number of sulfone groups is 1. The van der Waals surface area contributed by atoms with Crippen LogP contribution in [0.25, 0.3) is 0 Å². The lowest BCUT2D eigenvalue weighted by atomic mass is 10.00. The number of hydrogen-bond donors (Lipinski definition) is 0. The number of carbonyl (C=O) groups is 1. The van der Waals surface area contributed by atoms with Gasteiger partial charge in [0, 0.05) is 22.0 Å². The van der Waals surface area contributed by atoms with E-state index >= 15 is 0 Å². The van der Waals surface area contributed by atoms with Crippen LogP contribution < -0.4 is 0 Å². The van der Waals surface area contributed by atoms with Crippen LogP contribution in [0.3, 0.4) is 0 Å². The summed E-state index contributed by atoms with van der Waals surface area (Å²) in [7, 11) is -2.93. The fourth-order valence-corrected chi connectivity index (χ4v) is 5.11. The molecule has 2 rings (SSSR count). The van der Waals surface area contributed by atoms with Crippen molar-refractivity contribution in [3.8, 4) is 0 Å². The minimum absolute atomic E-state index is 0.201. The Kier molecular flexibility index (Phi) is 4.68. The molecule has 0 bridgehead atoms. The van der Waals surface area contributed by atoms with Crippen molar-refractivity contribution in [1.29, 1.82) is 0 Å². The van der Waals surface area contributed by atoms with Gasteiger partial charge in [-0.25, -0.2) is 8.42 Å². The third-order valence-corrected chi connectivity index (χ3v) is 6.41. The highest BCUT2D eigenvalue weighted by Crippen LogP contribution is 2.35. The SMILES string of the molecule is CS(=O)(=O)C1CCCC(Sc2cccc(C=O)c2)C1. The van der Waals surface area contributed by atoms with Gasteiger partial charge in [0.2, 0.25) is 0 Å². The predicted molar refractivity (Wildman–Crippen MR) is 78.6 cm³/mol. The topological polar surface area (TPSA) is 51.2 Å². The predicted octanol–water partition coefficient (Wildman–Crippen LogP) is 2.95. The standard InChI is InChI=1S/C14H18O3S2/c1-19(16,17)14-7-3-6-13(9-14)18-12-5-2-4-11(8-12)10-15/h2,4-5,8,10,13-14H,3,6-7,9H2,1H3. The number of hydrogen-bond acceptors (Lipinski definition) is 4. The Morgan fingerprint density at radius 3 is 2.79 bits per heavy atom. The zero-order chi connectivity index (χ0) is 13.9. The maximum atomic E-state index is 11.6. The van der Waals surface area contributed by atoms with Crippen LogP contribution in [-0.2, 0) is 9.84 Å². The van der Waals surface area contributed by atoms with E-state index in [-0.39, 0.29) is 5.25 Å². The first-order valence-corrected chi connectivity index (χ1v) is 9.23. The van der Waals surface area contributed by atoms with E-state index in [0.29, 0.717) is 10.8 Å². The highest BCUT2D eigenvalue weighted by atomic mass is 32.2. The first-order valence-electron chi connectivity index (χ1n) is 6.40. The normalized spacial score (nSPS) is 24.1. The molecular formula is C14H18O3S2. The van der Waals surface area contributed by atoms with Gasteiger partial charge in [-0.2, -0.15) is 0 Å². The van der Waals surface area contributed by atoms with Crippen molar-refractivity contribution in [2.24, 2.45) is 0 Å².